The number of urea groups is 1. The van der Waals surface area contributed by atoms with Crippen LogP contribution in [0.2, 0.25) is 0 Å². The van der Waals surface area contributed by atoms with E-state index in [-0.39, 0.29) is 24.4 Å². The summed E-state index contributed by atoms with van der Waals surface area (Å²) in [5, 5.41) is 11.4. The molecular weight excluding hydrogens is 262 g/mol. The molecule has 0 radical (unpaired) electrons. The molecule has 3 amide bonds. The molecule has 0 saturated carbocycles. The summed E-state index contributed by atoms with van der Waals surface area (Å²) in [6.45, 7) is 4.66. The van der Waals surface area contributed by atoms with E-state index in [1.807, 2.05) is 13.8 Å². The van der Waals surface area contributed by atoms with Crippen molar-refractivity contribution in [3.63, 3.8) is 0 Å². The number of nitrogens with zero attached hydrogens (tertiary/aromatic N) is 1. The molecule has 0 saturated heterocycles. The third kappa shape index (κ3) is 9.18. The standard InChI is InChI=1S/C13H25N3O4/c1-10(2)16(9-5-7-12(18)19)13(20)15-8-4-3-6-11(14)17/h10H,3-9H2,1-2H3,(H2,14,17)(H,15,20)(H,18,19). The topological polar surface area (TPSA) is 113 Å². The fraction of sp³-hybridized carbons (Fsp3) is 0.769. The Hall–Kier alpha value is -1.79. The molecule has 0 bridgehead atoms. The van der Waals surface area contributed by atoms with Crippen LogP contribution in [0.3, 0.4) is 0 Å². The molecule has 0 aliphatic heterocycles. The molecule has 0 aliphatic rings. The number of hydrogen-bond acceptors (Lipinski definition) is 3. The molecule has 0 aromatic carbocycles. The number of carbonyl (C=O) groups excluding carboxylic acids is 2. The number of primary amides is 1. The van der Waals surface area contributed by atoms with Gasteiger partial charge in [0.2, 0.25) is 5.91 Å². The summed E-state index contributed by atoms with van der Waals surface area (Å²) in [6, 6.07) is -0.195. The molecule has 7 heteroatoms. The summed E-state index contributed by atoms with van der Waals surface area (Å²) in [7, 11) is 0. The highest BCUT2D eigenvalue weighted by molar-refractivity contribution is 5.75. The van der Waals surface area contributed by atoms with Gasteiger partial charge in [-0.2, -0.15) is 0 Å². The van der Waals surface area contributed by atoms with E-state index in [2.05, 4.69) is 5.32 Å². The number of nitrogens with one attached hydrogen (secondary N) is 1. The number of rotatable bonds is 10. The fourth-order valence-electron chi connectivity index (χ4n) is 1.72. The van der Waals surface area contributed by atoms with E-state index in [4.69, 9.17) is 10.8 Å². The second-order valence-electron chi connectivity index (χ2n) is 4.94. The second-order valence-corrected chi connectivity index (χ2v) is 4.94. The van der Waals surface area contributed by atoms with Crippen LogP contribution >= 0.6 is 0 Å². The van der Waals surface area contributed by atoms with Gasteiger partial charge in [0.05, 0.1) is 0 Å². The van der Waals surface area contributed by atoms with Gasteiger partial charge in [0.25, 0.3) is 0 Å². The van der Waals surface area contributed by atoms with Gasteiger partial charge in [0, 0.05) is 32.0 Å². The zero-order valence-corrected chi connectivity index (χ0v) is 12.2. The summed E-state index contributed by atoms with van der Waals surface area (Å²) in [5.74, 6) is -1.20. The highest BCUT2D eigenvalue weighted by Crippen LogP contribution is 2.03. The largest absolute Gasteiger partial charge is 0.481 e. The lowest BCUT2D eigenvalue weighted by molar-refractivity contribution is -0.137. The number of carbonyl (C=O) groups is 3. The molecule has 0 spiro atoms. The van der Waals surface area contributed by atoms with Crippen LogP contribution in [-0.4, -0.2) is 47.0 Å². The minimum Gasteiger partial charge on any atom is -0.481 e. The van der Waals surface area contributed by atoms with E-state index in [1.165, 1.54) is 0 Å². The summed E-state index contributed by atoms with van der Waals surface area (Å²) in [5.41, 5.74) is 5.02. The number of unbranched alkanes of at least 4 members (excludes halogenated alkanes) is 1. The van der Waals surface area contributed by atoms with Crippen molar-refractivity contribution in [3.8, 4) is 0 Å². The molecular formula is C13H25N3O4. The van der Waals surface area contributed by atoms with Crippen molar-refractivity contribution < 1.29 is 19.5 Å². The van der Waals surface area contributed by atoms with Gasteiger partial charge in [-0.25, -0.2) is 4.79 Å². The lowest BCUT2D eigenvalue weighted by Crippen LogP contribution is -2.44. The Balaban J connectivity index is 3.97. The van der Waals surface area contributed by atoms with Gasteiger partial charge in [0.15, 0.2) is 0 Å². The Morgan fingerprint density at radius 2 is 1.80 bits per heavy atom. The number of hydrogen-bond donors (Lipinski definition) is 3. The molecule has 7 nitrogen and oxygen atoms in total. The quantitative estimate of drug-likeness (QED) is 0.519. The molecule has 0 rings (SSSR count). The maximum atomic E-state index is 11.9. The Bertz CT molecular complexity index is 332. The molecule has 0 aromatic rings. The first-order valence-electron chi connectivity index (χ1n) is 6.89. The first kappa shape index (κ1) is 18.2. The van der Waals surface area contributed by atoms with Crippen LogP contribution in [0.4, 0.5) is 4.79 Å². The fourth-order valence-corrected chi connectivity index (χ4v) is 1.72. The summed E-state index contributed by atoms with van der Waals surface area (Å²) in [6.07, 6.45) is 2.14. The third-order valence-corrected chi connectivity index (χ3v) is 2.80. The van der Waals surface area contributed by atoms with Gasteiger partial charge in [-0.05, 0) is 33.1 Å². The average molecular weight is 287 g/mol. The molecule has 116 valence electrons. The highest BCUT2D eigenvalue weighted by Gasteiger charge is 2.16. The van der Waals surface area contributed by atoms with Gasteiger partial charge in [-0.1, -0.05) is 0 Å². The van der Waals surface area contributed by atoms with Crippen LogP contribution in [0.5, 0.6) is 0 Å². The maximum absolute atomic E-state index is 11.9. The molecule has 20 heavy (non-hydrogen) atoms. The van der Waals surface area contributed by atoms with Crippen LogP contribution in [0.1, 0.15) is 46.0 Å². The maximum Gasteiger partial charge on any atom is 0.317 e. The third-order valence-electron chi connectivity index (χ3n) is 2.80. The van der Waals surface area contributed by atoms with Crippen molar-refractivity contribution >= 4 is 17.9 Å². The SMILES string of the molecule is CC(C)N(CCCC(=O)O)C(=O)NCCCCC(N)=O. The number of amides is 3. The van der Waals surface area contributed by atoms with Crippen molar-refractivity contribution in [3.05, 3.63) is 0 Å². The van der Waals surface area contributed by atoms with E-state index < -0.39 is 5.97 Å². The minimum absolute atomic E-state index is 0.00872. The van der Waals surface area contributed by atoms with Crippen LogP contribution in [0.25, 0.3) is 0 Å². The number of aliphatic carboxylic acids is 1. The van der Waals surface area contributed by atoms with Crippen molar-refractivity contribution in [2.75, 3.05) is 13.1 Å². The van der Waals surface area contributed by atoms with Crippen molar-refractivity contribution in [1.82, 2.24) is 10.2 Å². The summed E-state index contributed by atoms with van der Waals surface area (Å²) >= 11 is 0. The predicted molar refractivity (Wildman–Crippen MR) is 75.2 cm³/mol. The molecule has 4 N–H and O–H groups in total. The normalized spacial score (nSPS) is 10.3. The molecule has 0 atom stereocenters. The zero-order valence-electron chi connectivity index (χ0n) is 12.2. The summed E-state index contributed by atoms with van der Waals surface area (Å²) < 4.78 is 0. The van der Waals surface area contributed by atoms with Crippen LogP contribution in [0.15, 0.2) is 0 Å². The van der Waals surface area contributed by atoms with Gasteiger partial charge in [-0.15, -0.1) is 0 Å². The van der Waals surface area contributed by atoms with E-state index in [0.29, 0.717) is 38.8 Å². The summed E-state index contributed by atoms with van der Waals surface area (Å²) in [4.78, 5) is 34.5. The van der Waals surface area contributed by atoms with E-state index in [1.54, 1.807) is 4.90 Å². The molecule has 0 aromatic heterocycles. The monoisotopic (exact) mass is 287 g/mol. The van der Waals surface area contributed by atoms with Gasteiger partial charge in [-0.3, -0.25) is 9.59 Å². The van der Waals surface area contributed by atoms with E-state index in [9.17, 15) is 14.4 Å². The van der Waals surface area contributed by atoms with Gasteiger partial charge >= 0.3 is 12.0 Å². The lowest BCUT2D eigenvalue weighted by atomic mass is 10.2. The average Bonchev–Trinajstić information content (AvgIpc) is 2.32. The van der Waals surface area contributed by atoms with Crippen LogP contribution < -0.4 is 11.1 Å². The first-order valence-corrected chi connectivity index (χ1v) is 6.89. The van der Waals surface area contributed by atoms with Crippen molar-refractivity contribution in [2.45, 2.75) is 52.0 Å². The number of nitrogens with two attached hydrogens (primary N) is 1. The first-order chi connectivity index (χ1) is 9.34. The minimum atomic E-state index is -0.861. The Morgan fingerprint density at radius 1 is 1.15 bits per heavy atom. The molecule has 0 aliphatic carbocycles. The lowest BCUT2D eigenvalue weighted by Gasteiger charge is -2.26. The zero-order chi connectivity index (χ0) is 15.5. The number of carboxylic acid groups (broad SMARTS) is 1. The Morgan fingerprint density at radius 3 is 2.30 bits per heavy atom. The van der Waals surface area contributed by atoms with Crippen molar-refractivity contribution in [2.24, 2.45) is 5.73 Å². The molecule has 0 fully saturated rings. The highest BCUT2D eigenvalue weighted by atomic mass is 16.4. The van der Waals surface area contributed by atoms with Crippen LogP contribution in [0, 0.1) is 0 Å². The predicted octanol–water partition coefficient (Wildman–Crippen LogP) is 0.927. The van der Waals surface area contributed by atoms with Crippen LogP contribution in [-0.2, 0) is 9.59 Å². The smallest absolute Gasteiger partial charge is 0.317 e. The van der Waals surface area contributed by atoms with E-state index in [0.717, 1.165) is 0 Å². The van der Waals surface area contributed by atoms with Gasteiger partial charge < -0.3 is 21.1 Å². The molecule has 0 heterocycles. The second kappa shape index (κ2) is 10.1. The molecule has 0 unspecified atom stereocenters. The van der Waals surface area contributed by atoms with Crippen molar-refractivity contribution in [1.29, 1.82) is 0 Å². The van der Waals surface area contributed by atoms with E-state index >= 15 is 0 Å². The Kier molecular flexibility index (Phi) is 9.15. The van der Waals surface area contributed by atoms with Gasteiger partial charge in [0.1, 0.15) is 0 Å². The number of carboxylic acids is 1. The Labute approximate surface area is 119 Å².